The van der Waals surface area contributed by atoms with Crippen LogP contribution in [-0.4, -0.2) is 18.4 Å². The highest BCUT2D eigenvalue weighted by Gasteiger charge is 2.11. The van der Waals surface area contributed by atoms with Gasteiger partial charge in [-0.3, -0.25) is 4.79 Å². The van der Waals surface area contributed by atoms with Crippen molar-refractivity contribution in [1.82, 2.24) is 0 Å². The zero-order chi connectivity index (χ0) is 12.1. The van der Waals surface area contributed by atoms with Gasteiger partial charge in [-0.1, -0.05) is 6.07 Å². The summed E-state index contributed by atoms with van der Waals surface area (Å²) in [7, 11) is 0. The molecule has 0 saturated heterocycles. The molecule has 0 radical (unpaired) electrons. The SMILES string of the molecule is CCOC(=O)c1ccc(CC(C)=O)cc1Br. The van der Waals surface area contributed by atoms with Crippen molar-refractivity contribution in [1.29, 1.82) is 0 Å². The van der Waals surface area contributed by atoms with Gasteiger partial charge < -0.3 is 4.74 Å². The molecular weight excluding hydrogens is 272 g/mol. The van der Waals surface area contributed by atoms with E-state index in [2.05, 4.69) is 15.9 Å². The second-order valence-corrected chi connectivity index (χ2v) is 4.27. The maximum absolute atomic E-state index is 11.5. The van der Waals surface area contributed by atoms with Crippen LogP contribution in [0.3, 0.4) is 0 Å². The maximum Gasteiger partial charge on any atom is 0.339 e. The van der Waals surface area contributed by atoms with Crippen LogP contribution in [0.4, 0.5) is 0 Å². The Morgan fingerprint density at radius 3 is 2.56 bits per heavy atom. The zero-order valence-electron chi connectivity index (χ0n) is 9.25. The number of carbonyl (C=O) groups excluding carboxylic acids is 2. The second-order valence-electron chi connectivity index (χ2n) is 3.41. The summed E-state index contributed by atoms with van der Waals surface area (Å²) < 4.78 is 5.55. The van der Waals surface area contributed by atoms with E-state index in [1.165, 1.54) is 6.92 Å². The zero-order valence-corrected chi connectivity index (χ0v) is 10.8. The summed E-state index contributed by atoms with van der Waals surface area (Å²) in [6.07, 6.45) is 0.377. The molecule has 3 nitrogen and oxygen atoms in total. The molecule has 1 aromatic carbocycles. The van der Waals surface area contributed by atoms with Crippen molar-refractivity contribution in [2.75, 3.05) is 6.61 Å². The Kier molecular flexibility index (Phi) is 4.68. The van der Waals surface area contributed by atoms with Crippen molar-refractivity contribution in [2.24, 2.45) is 0 Å². The van der Waals surface area contributed by atoms with Gasteiger partial charge in [0.05, 0.1) is 12.2 Å². The minimum Gasteiger partial charge on any atom is -0.462 e. The van der Waals surface area contributed by atoms with Crippen LogP contribution < -0.4 is 0 Å². The van der Waals surface area contributed by atoms with Gasteiger partial charge in [0.2, 0.25) is 0 Å². The highest BCUT2D eigenvalue weighted by molar-refractivity contribution is 9.10. The molecule has 0 aliphatic heterocycles. The van der Waals surface area contributed by atoms with E-state index in [0.29, 0.717) is 23.1 Å². The Bertz CT molecular complexity index is 413. The quantitative estimate of drug-likeness (QED) is 0.799. The van der Waals surface area contributed by atoms with Crippen molar-refractivity contribution in [3.8, 4) is 0 Å². The van der Waals surface area contributed by atoms with E-state index >= 15 is 0 Å². The minimum absolute atomic E-state index is 0.0933. The van der Waals surface area contributed by atoms with Gasteiger partial charge in [0.1, 0.15) is 5.78 Å². The third-order valence-corrected chi connectivity index (χ3v) is 2.64. The summed E-state index contributed by atoms with van der Waals surface area (Å²) in [5.41, 5.74) is 1.36. The molecule has 1 aromatic rings. The number of hydrogen-bond donors (Lipinski definition) is 0. The first kappa shape index (κ1) is 12.9. The summed E-state index contributed by atoms with van der Waals surface area (Å²) in [5.74, 6) is -0.264. The summed E-state index contributed by atoms with van der Waals surface area (Å²) in [6.45, 7) is 3.64. The fourth-order valence-electron chi connectivity index (χ4n) is 1.33. The Morgan fingerprint density at radius 2 is 2.06 bits per heavy atom. The smallest absolute Gasteiger partial charge is 0.339 e. The van der Waals surface area contributed by atoms with Gasteiger partial charge in [0, 0.05) is 10.9 Å². The first-order chi connectivity index (χ1) is 7.54. The van der Waals surface area contributed by atoms with Gasteiger partial charge in [-0.25, -0.2) is 4.79 Å². The molecule has 0 spiro atoms. The van der Waals surface area contributed by atoms with Crippen LogP contribution in [0.2, 0.25) is 0 Å². The highest BCUT2D eigenvalue weighted by atomic mass is 79.9. The molecule has 0 heterocycles. The van der Waals surface area contributed by atoms with E-state index < -0.39 is 0 Å². The molecule has 0 amide bonds. The number of ketones is 1. The molecule has 86 valence electrons. The summed E-state index contributed by atoms with van der Waals surface area (Å²) in [6, 6.07) is 5.20. The second kappa shape index (κ2) is 5.80. The Morgan fingerprint density at radius 1 is 1.38 bits per heavy atom. The van der Waals surface area contributed by atoms with E-state index in [4.69, 9.17) is 4.74 Å². The monoisotopic (exact) mass is 284 g/mol. The molecule has 0 aliphatic rings. The highest BCUT2D eigenvalue weighted by Crippen LogP contribution is 2.20. The number of Topliss-reactive ketones (excluding diaryl/α,β-unsaturated/α-hetero) is 1. The molecule has 16 heavy (non-hydrogen) atoms. The van der Waals surface area contributed by atoms with Crippen LogP contribution in [0.25, 0.3) is 0 Å². The van der Waals surface area contributed by atoms with Crippen LogP contribution in [0, 0.1) is 0 Å². The number of esters is 1. The Balaban J connectivity index is 2.91. The van der Waals surface area contributed by atoms with E-state index in [-0.39, 0.29) is 11.8 Å². The van der Waals surface area contributed by atoms with Gasteiger partial charge in [0.25, 0.3) is 0 Å². The van der Waals surface area contributed by atoms with Crippen LogP contribution in [-0.2, 0) is 16.0 Å². The molecule has 4 heteroatoms. The van der Waals surface area contributed by atoms with Crippen molar-refractivity contribution in [2.45, 2.75) is 20.3 Å². The van der Waals surface area contributed by atoms with Crippen LogP contribution in [0.15, 0.2) is 22.7 Å². The standard InChI is InChI=1S/C12H13BrO3/c1-3-16-12(15)10-5-4-9(6-8(2)14)7-11(10)13/h4-5,7H,3,6H2,1-2H3. The topological polar surface area (TPSA) is 43.4 Å². The van der Waals surface area contributed by atoms with Gasteiger partial charge in [-0.15, -0.1) is 0 Å². The fraction of sp³-hybridized carbons (Fsp3) is 0.333. The number of benzene rings is 1. The van der Waals surface area contributed by atoms with Crippen LogP contribution >= 0.6 is 15.9 Å². The number of hydrogen-bond acceptors (Lipinski definition) is 3. The number of ether oxygens (including phenoxy) is 1. The van der Waals surface area contributed by atoms with Crippen molar-refractivity contribution < 1.29 is 14.3 Å². The lowest BCUT2D eigenvalue weighted by molar-refractivity contribution is -0.116. The number of rotatable bonds is 4. The lowest BCUT2D eigenvalue weighted by atomic mass is 10.1. The maximum atomic E-state index is 11.5. The number of carbonyl (C=O) groups is 2. The lowest BCUT2D eigenvalue weighted by Crippen LogP contribution is -2.06. The molecule has 0 atom stereocenters. The lowest BCUT2D eigenvalue weighted by Gasteiger charge is -2.05. The summed E-state index contributed by atoms with van der Waals surface area (Å²) in [5, 5.41) is 0. The Labute approximate surface area is 103 Å². The van der Waals surface area contributed by atoms with Gasteiger partial charge in [-0.2, -0.15) is 0 Å². The molecule has 1 rings (SSSR count). The van der Waals surface area contributed by atoms with Gasteiger partial charge in [0.15, 0.2) is 0 Å². The molecule has 0 aromatic heterocycles. The van der Waals surface area contributed by atoms with Crippen molar-refractivity contribution in [3.63, 3.8) is 0 Å². The molecule has 0 unspecified atom stereocenters. The third kappa shape index (κ3) is 3.45. The van der Waals surface area contributed by atoms with Gasteiger partial charge >= 0.3 is 5.97 Å². The minimum atomic E-state index is -0.358. The van der Waals surface area contributed by atoms with E-state index in [1.807, 2.05) is 0 Å². The van der Waals surface area contributed by atoms with E-state index in [0.717, 1.165) is 5.56 Å². The van der Waals surface area contributed by atoms with Gasteiger partial charge in [-0.05, 0) is 47.5 Å². The first-order valence-electron chi connectivity index (χ1n) is 4.99. The Hall–Kier alpha value is -1.16. The van der Waals surface area contributed by atoms with E-state index in [9.17, 15) is 9.59 Å². The summed E-state index contributed by atoms with van der Waals surface area (Å²) >= 11 is 3.30. The van der Waals surface area contributed by atoms with Crippen LogP contribution in [0.1, 0.15) is 29.8 Å². The largest absolute Gasteiger partial charge is 0.462 e. The molecule has 0 N–H and O–H groups in total. The van der Waals surface area contributed by atoms with Crippen molar-refractivity contribution >= 4 is 27.7 Å². The number of halogens is 1. The fourth-order valence-corrected chi connectivity index (χ4v) is 1.92. The van der Waals surface area contributed by atoms with E-state index in [1.54, 1.807) is 25.1 Å². The molecule has 0 aliphatic carbocycles. The molecule has 0 fully saturated rings. The van der Waals surface area contributed by atoms with Crippen LogP contribution in [0.5, 0.6) is 0 Å². The normalized spacial score (nSPS) is 9.94. The average molecular weight is 285 g/mol. The molecule has 0 bridgehead atoms. The molecule has 0 saturated carbocycles. The molecular formula is C12H13BrO3. The first-order valence-corrected chi connectivity index (χ1v) is 5.79. The predicted octanol–water partition coefficient (Wildman–Crippen LogP) is 2.76. The predicted molar refractivity (Wildman–Crippen MR) is 64.5 cm³/mol. The van der Waals surface area contributed by atoms with Crippen molar-refractivity contribution in [3.05, 3.63) is 33.8 Å². The summed E-state index contributed by atoms with van der Waals surface area (Å²) in [4.78, 5) is 22.4. The average Bonchev–Trinajstić information content (AvgIpc) is 2.16. The third-order valence-electron chi connectivity index (χ3n) is 1.98.